The first-order valence-electron chi connectivity index (χ1n) is 8.70. The maximum absolute atomic E-state index is 12.8. The third kappa shape index (κ3) is 4.27. The van der Waals surface area contributed by atoms with Gasteiger partial charge in [0.1, 0.15) is 0 Å². The summed E-state index contributed by atoms with van der Waals surface area (Å²) in [5.41, 5.74) is 2.94. The second-order valence-electron chi connectivity index (χ2n) is 7.41. The lowest BCUT2D eigenvalue weighted by Gasteiger charge is -2.32. The van der Waals surface area contributed by atoms with Crippen molar-refractivity contribution in [2.24, 2.45) is 0 Å². The average Bonchev–Trinajstić information content (AvgIpc) is 2.59. The van der Waals surface area contributed by atoms with Crippen molar-refractivity contribution in [1.29, 1.82) is 0 Å². The number of hydrogen-bond donors (Lipinski definition) is 2. The zero-order valence-corrected chi connectivity index (χ0v) is 14.8. The Morgan fingerprint density at radius 1 is 1.16 bits per heavy atom. The number of aliphatic hydroxyl groups is 2. The Kier molecular flexibility index (Phi) is 4.93. The molecule has 0 saturated carbocycles. The van der Waals surface area contributed by atoms with Crippen LogP contribution in [0.15, 0.2) is 48.5 Å². The molecule has 2 aromatic carbocycles. The van der Waals surface area contributed by atoms with Crippen LogP contribution in [0.25, 0.3) is 0 Å². The third-order valence-electron chi connectivity index (χ3n) is 4.68. The van der Waals surface area contributed by atoms with Gasteiger partial charge in [0.05, 0.1) is 18.2 Å². The topological polar surface area (TPSA) is 60.8 Å². The summed E-state index contributed by atoms with van der Waals surface area (Å²) in [6, 6.07) is 15.2. The molecule has 0 spiro atoms. The maximum atomic E-state index is 12.8. The molecule has 132 valence electrons. The van der Waals surface area contributed by atoms with E-state index in [4.69, 9.17) is 0 Å². The lowest BCUT2D eigenvalue weighted by molar-refractivity contribution is 0.0549. The van der Waals surface area contributed by atoms with Gasteiger partial charge in [0.15, 0.2) is 0 Å². The number of hydrogen-bond acceptors (Lipinski definition) is 3. The molecule has 0 bridgehead atoms. The van der Waals surface area contributed by atoms with Gasteiger partial charge >= 0.3 is 0 Å². The summed E-state index contributed by atoms with van der Waals surface area (Å²) in [6.45, 7) is 4.43. The van der Waals surface area contributed by atoms with Gasteiger partial charge in [-0.3, -0.25) is 4.79 Å². The zero-order valence-electron chi connectivity index (χ0n) is 14.8. The lowest BCUT2D eigenvalue weighted by Crippen LogP contribution is -2.38. The molecule has 4 heteroatoms. The molecule has 0 fully saturated rings. The molecule has 1 amide bonds. The van der Waals surface area contributed by atoms with Crippen LogP contribution >= 0.6 is 0 Å². The van der Waals surface area contributed by atoms with E-state index in [-0.39, 0.29) is 5.91 Å². The molecule has 0 aliphatic carbocycles. The van der Waals surface area contributed by atoms with E-state index in [1.54, 1.807) is 18.7 Å². The Morgan fingerprint density at radius 3 is 2.52 bits per heavy atom. The van der Waals surface area contributed by atoms with Gasteiger partial charge in [-0.05, 0) is 55.5 Å². The molecule has 1 aliphatic rings. The molecule has 25 heavy (non-hydrogen) atoms. The van der Waals surface area contributed by atoms with E-state index in [0.29, 0.717) is 25.1 Å². The van der Waals surface area contributed by atoms with Gasteiger partial charge in [-0.2, -0.15) is 0 Å². The van der Waals surface area contributed by atoms with Gasteiger partial charge in [0.2, 0.25) is 0 Å². The number of aryl methyl sites for hydroxylation is 1. The van der Waals surface area contributed by atoms with Crippen molar-refractivity contribution in [3.05, 3.63) is 70.8 Å². The van der Waals surface area contributed by atoms with E-state index >= 15 is 0 Å². The van der Waals surface area contributed by atoms with Gasteiger partial charge in [-0.25, -0.2) is 0 Å². The Bertz CT molecular complexity index is 746. The molecular weight excluding hydrogens is 314 g/mol. The quantitative estimate of drug-likeness (QED) is 0.900. The number of benzene rings is 2. The Morgan fingerprint density at radius 2 is 1.84 bits per heavy atom. The maximum Gasteiger partial charge on any atom is 0.254 e. The lowest BCUT2D eigenvalue weighted by atomic mass is 9.96. The fourth-order valence-electron chi connectivity index (χ4n) is 3.18. The molecule has 3 rings (SSSR count). The molecule has 1 aliphatic heterocycles. The molecule has 0 unspecified atom stereocenters. The van der Waals surface area contributed by atoms with Crippen LogP contribution in [0.1, 0.15) is 53.4 Å². The summed E-state index contributed by atoms with van der Waals surface area (Å²) in [5, 5.41) is 20.1. The van der Waals surface area contributed by atoms with Gasteiger partial charge in [-0.15, -0.1) is 0 Å². The van der Waals surface area contributed by atoms with Crippen molar-refractivity contribution in [2.45, 2.75) is 44.9 Å². The number of rotatable bonds is 4. The van der Waals surface area contributed by atoms with Gasteiger partial charge in [-0.1, -0.05) is 36.4 Å². The molecule has 0 aromatic heterocycles. The van der Waals surface area contributed by atoms with E-state index < -0.39 is 11.7 Å². The van der Waals surface area contributed by atoms with Crippen LogP contribution in [-0.4, -0.2) is 33.2 Å². The van der Waals surface area contributed by atoms with Crippen molar-refractivity contribution < 1.29 is 15.0 Å². The number of amides is 1. The van der Waals surface area contributed by atoms with Crippen molar-refractivity contribution in [1.82, 2.24) is 4.90 Å². The molecule has 4 nitrogen and oxygen atoms in total. The van der Waals surface area contributed by atoms with Crippen molar-refractivity contribution >= 4 is 5.91 Å². The predicted octanol–water partition coefficient (Wildman–Crippen LogP) is 3.08. The van der Waals surface area contributed by atoms with E-state index in [1.807, 2.05) is 48.5 Å². The monoisotopic (exact) mass is 339 g/mol. The van der Waals surface area contributed by atoms with E-state index in [1.165, 1.54) is 0 Å². The summed E-state index contributed by atoms with van der Waals surface area (Å²) >= 11 is 0. The second kappa shape index (κ2) is 6.98. The van der Waals surface area contributed by atoms with E-state index in [9.17, 15) is 15.0 Å². The predicted molar refractivity (Wildman–Crippen MR) is 97.2 cm³/mol. The largest absolute Gasteiger partial charge is 0.390 e. The fourth-order valence-corrected chi connectivity index (χ4v) is 3.18. The minimum absolute atomic E-state index is 0.0670. The van der Waals surface area contributed by atoms with Crippen molar-refractivity contribution in [3.8, 4) is 0 Å². The summed E-state index contributed by atoms with van der Waals surface area (Å²) < 4.78 is 0. The van der Waals surface area contributed by atoms with Crippen LogP contribution in [0.5, 0.6) is 0 Å². The molecule has 1 heterocycles. The second-order valence-corrected chi connectivity index (χ2v) is 7.41. The summed E-state index contributed by atoms with van der Waals surface area (Å²) in [5.74, 6) is -0.0670. The van der Waals surface area contributed by atoms with Crippen molar-refractivity contribution in [3.63, 3.8) is 0 Å². The van der Waals surface area contributed by atoms with Crippen LogP contribution in [0.2, 0.25) is 0 Å². The highest BCUT2D eigenvalue weighted by Gasteiger charge is 2.27. The number of carbonyl (C=O) groups excluding carboxylic acids is 1. The average molecular weight is 339 g/mol. The number of nitrogens with zero attached hydrogens (tertiary/aromatic N) is 1. The van der Waals surface area contributed by atoms with Crippen LogP contribution in [0, 0.1) is 0 Å². The van der Waals surface area contributed by atoms with Crippen LogP contribution in [0.4, 0.5) is 0 Å². The molecule has 2 N–H and O–H groups in total. The normalized spacial score (nSPS) is 17.3. The molecule has 2 aromatic rings. The fraction of sp³-hybridized carbons (Fsp3) is 0.381. The van der Waals surface area contributed by atoms with Crippen LogP contribution in [-0.2, 0) is 13.0 Å². The molecule has 1 atom stereocenters. The highest BCUT2D eigenvalue weighted by Crippen LogP contribution is 2.27. The highest BCUT2D eigenvalue weighted by molar-refractivity contribution is 5.94. The molecule has 0 saturated heterocycles. The van der Waals surface area contributed by atoms with E-state index in [0.717, 1.165) is 23.1 Å². The number of fused-ring (bicyclic) bond motifs is 1. The Balaban J connectivity index is 1.69. The SMILES string of the molecule is CC(C)(O)CCc1ccc(C(=O)N2Cc3ccccc3[C@H](O)C2)cc1. The summed E-state index contributed by atoms with van der Waals surface area (Å²) in [4.78, 5) is 14.5. The van der Waals surface area contributed by atoms with Crippen LogP contribution < -0.4 is 0 Å². The standard InChI is InChI=1S/C21H25NO3/c1-21(2,25)12-11-15-7-9-16(10-8-15)20(24)22-13-17-5-3-4-6-18(17)19(23)14-22/h3-10,19,23,25H,11-14H2,1-2H3/t19-/m1/s1. The van der Waals surface area contributed by atoms with Crippen molar-refractivity contribution in [2.75, 3.05) is 6.54 Å². The summed E-state index contributed by atoms with van der Waals surface area (Å²) in [6.07, 6.45) is 0.809. The Hall–Kier alpha value is -2.17. The van der Waals surface area contributed by atoms with Crippen LogP contribution in [0.3, 0.4) is 0 Å². The minimum Gasteiger partial charge on any atom is -0.390 e. The first-order chi connectivity index (χ1) is 11.8. The highest BCUT2D eigenvalue weighted by atomic mass is 16.3. The first kappa shape index (κ1) is 17.6. The number of β-amino-alcohol motifs (C(OH)–C–C–N with tert-alkyl or cyclic N) is 1. The number of aliphatic hydroxyl groups excluding tert-OH is 1. The van der Waals surface area contributed by atoms with Gasteiger partial charge in [0, 0.05) is 12.1 Å². The third-order valence-corrected chi connectivity index (χ3v) is 4.68. The zero-order chi connectivity index (χ0) is 18.0. The van der Waals surface area contributed by atoms with Gasteiger partial charge in [0.25, 0.3) is 5.91 Å². The first-order valence-corrected chi connectivity index (χ1v) is 8.70. The smallest absolute Gasteiger partial charge is 0.254 e. The summed E-state index contributed by atoms with van der Waals surface area (Å²) in [7, 11) is 0. The Labute approximate surface area is 148 Å². The molecule has 0 radical (unpaired) electrons. The minimum atomic E-state index is -0.689. The number of carbonyl (C=O) groups is 1. The molecular formula is C21H25NO3. The van der Waals surface area contributed by atoms with Gasteiger partial charge < -0.3 is 15.1 Å². The van der Waals surface area contributed by atoms with E-state index in [2.05, 4.69) is 0 Å².